The Balaban J connectivity index is 1.68. The first-order chi connectivity index (χ1) is 7.85. The van der Waals surface area contributed by atoms with Gasteiger partial charge in [-0.15, -0.1) is 0 Å². The van der Waals surface area contributed by atoms with Crippen molar-refractivity contribution in [3.8, 4) is 0 Å². The van der Waals surface area contributed by atoms with E-state index in [1.54, 1.807) is 0 Å². The van der Waals surface area contributed by atoms with Gasteiger partial charge in [0.05, 0.1) is 6.61 Å². The number of nitrogens with one attached hydrogen (secondary N) is 1. The normalized spacial score (nSPS) is 29.8. The Labute approximate surface area is 98.9 Å². The van der Waals surface area contributed by atoms with Crippen LogP contribution < -0.4 is 5.32 Å². The summed E-state index contributed by atoms with van der Waals surface area (Å²) in [4.78, 5) is 0. The van der Waals surface area contributed by atoms with Crippen LogP contribution in [0.1, 0.15) is 39.0 Å². The molecule has 1 aliphatic carbocycles. The second kappa shape index (κ2) is 5.99. The van der Waals surface area contributed by atoms with Crippen LogP contribution in [0.25, 0.3) is 0 Å². The number of hydrogen-bond donors (Lipinski definition) is 1. The van der Waals surface area contributed by atoms with Crippen LogP contribution in [0.2, 0.25) is 0 Å². The fraction of sp³-hybridized carbons (Fsp3) is 1.00. The van der Waals surface area contributed by atoms with E-state index in [2.05, 4.69) is 12.2 Å². The summed E-state index contributed by atoms with van der Waals surface area (Å²) in [6, 6.07) is 0.800. The second-order valence-corrected chi connectivity index (χ2v) is 5.32. The van der Waals surface area contributed by atoms with Crippen molar-refractivity contribution in [2.75, 3.05) is 33.0 Å². The van der Waals surface area contributed by atoms with Gasteiger partial charge in [-0.3, -0.25) is 0 Å². The van der Waals surface area contributed by atoms with Crippen LogP contribution in [0.3, 0.4) is 0 Å². The first-order valence-electron chi connectivity index (χ1n) is 6.73. The highest BCUT2D eigenvalue weighted by Crippen LogP contribution is 2.33. The smallest absolute Gasteiger partial charge is 0.0536 e. The third-order valence-electron chi connectivity index (χ3n) is 3.65. The van der Waals surface area contributed by atoms with Crippen LogP contribution in [0.15, 0.2) is 0 Å². The molecule has 0 amide bonds. The minimum Gasteiger partial charge on any atom is -0.381 e. The molecule has 0 aromatic carbocycles. The van der Waals surface area contributed by atoms with Gasteiger partial charge in [0.1, 0.15) is 0 Å². The maximum Gasteiger partial charge on any atom is 0.0536 e. The lowest BCUT2D eigenvalue weighted by molar-refractivity contribution is 0.0805. The summed E-state index contributed by atoms with van der Waals surface area (Å²) in [6.45, 7) is 6.91. The molecule has 3 heteroatoms. The van der Waals surface area contributed by atoms with Crippen molar-refractivity contribution < 1.29 is 9.47 Å². The predicted octanol–water partition coefficient (Wildman–Crippen LogP) is 1.96. The predicted molar refractivity (Wildman–Crippen MR) is 64.6 cm³/mol. The van der Waals surface area contributed by atoms with Crippen LogP contribution in [0, 0.1) is 5.41 Å². The third-order valence-corrected chi connectivity index (χ3v) is 3.65. The highest BCUT2D eigenvalue weighted by Gasteiger charge is 2.36. The molecular formula is C13H25NO2. The summed E-state index contributed by atoms with van der Waals surface area (Å²) in [5, 5.41) is 3.64. The standard InChI is InChI=1S/C13H25NO2/c1-2-7-15-8-5-13(6-9-16-11-13)10-14-12-3-4-12/h12,14H,2-11H2,1H3. The first-order valence-corrected chi connectivity index (χ1v) is 6.73. The molecule has 0 aromatic heterocycles. The van der Waals surface area contributed by atoms with E-state index < -0.39 is 0 Å². The average Bonchev–Trinajstić information content (AvgIpc) is 3.02. The molecular weight excluding hydrogens is 202 g/mol. The van der Waals surface area contributed by atoms with Gasteiger partial charge in [-0.2, -0.15) is 0 Å². The molecule has 1 saturated heterocycles. The topological polar surface area (TPSA) is 30.5 Å². The van der Waals surface area contributed by atoms with Gasteiger partial charge in [0.15, 0.2) is 0 Å². The molecule has 16 heavy (non-hydrogen) atoms. The molecule has 0 bridgehead atoms. The minimum atomic E-state index is 0.357. The van der Waals surface area contributed by atoms with E-state index in [9.17, 15) is 0 Å². The molecule has 0 radical (unpaired) electrons. The maximum atomic E-state index is 5.61. The molecule has 2 rings (SSSR count). The summed E-state index contributed by atoms with van der Waals surface area (Å²) >= 11 is 0. The van der Waals surface area contributed by atoms with Crippen LogP contribution in [-0.4, -0.2) is 39.0 Å². The molecule has 1 atom stereocenters. The zero-order valence-electron chi connectivity index (χ0n) is 10.5. The van der Waals surface area contributed by atoms with E-state index in [0.29, 0.717) is 5.41 Å². The van der Waals surface area contributed by atoms with E-state index in [0.717, 1.165) is 51.9 Å². The number of ether oxygens (including phenoxy) is 2. The Morgan fingerprint density at radius 1 is 1.38 bits per heavy atom. The summed E-state index contributed by atoms with van der Waals surface area (Å²) in [7, 11) is 0. The Hall–Kier alpha value is -0.120. The molecule has 0 spiro atoms. The van der Waals surface area contributed by atoms with Crippen molar-refractivity contribution in [3.63, 3.8) is 0 Å². The number of hydrogen-bond acceptors (Lipinski definition) is 3. The van der Waals surface area contributed by atoms with E-state index in [4.69, 9.17) is 9.47 Å². The molecule has 0 aromatic rings. The third kappa shape index (κ3) is 3.72. The van der Waals surface area contributed by atoms with Crippen LogP contribution in [0.4, 0.5) is 0 Å². The Morgan fingerprint density at radius 2 is 2.25 bits per heavy atom. The van der Waals surface area contributed by atoms with Gasteiger partial charge in [-0.05, 0) is 32.1 Å². The van der Waals surface area contributed by atoms with Gasteiger partial charge in [0.25, 0.3) is 0 Å². The van der Waals surface area contributed by atoms with Crippen molar-refractivity contribution in [2.24, 2.45) is 5.41 Å². The highest BCUT2D eigenvalue weighted by molar-refractivity contribution is 4.89. The molecule has 1 saturated carbocycles. The van der Waals surface area contributed by atoms with Crippen LogP contribution in [0.5, 0.6) is 0 Å². The largest absolute Gasteiger partial charge is 0.381 e. The molecule has 2 aliphatic rings. The molecule has 1 heterocycles. The summed E-state index contributed by atoms with van der Waals surface area (Å²) in [5.74, 6) is 0. The van der Waals surface area contributed by atoms with Gasteiger partial charge >= 0.3 is 0 Å². The van der Waals surface area contributed by atoms with Crippen molar-refractivity contribution in [2.45, 2.75) is 45.1 Å². The monoisotopic (exact) mass is 227 g/mol. The van der Waals surface area contributed by atoms with Crippen molar-refractivity contribution in [1.82, 2.24) is 5.32 Å². The fourth-order valence-corrected chi connectivity index (χ4v) is 2.26. The molecule has 1 aliphatic heterocycles. The van der Waals surface area contributed by atoms with Crippen LogP contribution in [-0.2, 0) is 9.47 Å². The van der Waals surface area contributed by atoms with Crippen molar-refractivity contribution >= 4 is 0 Å². The minimum absolute atomic E-state index is 0.357. The van der Waals surface area contributed by atoms with Crippen molar-refractivity contribution in [3.05, 3.63) is 0 Å². The fourth-order valence-electron chi connectivity index (χ4n) is 2.26. The highest BCUT2D eigenvalue weighted by atomic mass is 16.5. The van der Waals surface area contributed by atoms with Gasteiger partial charge in [0.2, 0.25) is 0 Å². The Kier molecular flexibility index (Phi) is 4.62. The summed E-state index contributed by atoms with van der Waals surface area (Å²) in [6.07, 6.45) is 6.19. The zero-order valence-corrected chi connectivity index (χ0v) is 10.5. The quantitative estimate of drug-likeness (QED) is 0.643. The Bertz CT molecular complexity index is 198. The van der Waals surface area contributed by atoms with E-state index in [1.165, 1.54) is 19.3 Å². The van der Waals surface area contributed by atoms with Gasteiger partial charge in [-0.25, -0.2) is 0 Å². The molecule has 3 nitrogen and oxygen atoms in total. The second-order valence-electron chi connectivity index (χ2n) is 5.32. The van der Waals surface area contributed by atoms with Crippen LogP contribution >= 0.6 is 0 Å². The summed E-state index contributed by atoms with van der Waals surface area (Å²) < 4.78 is 11.2. The molecule has 2 fully saturated rings. The van der Waals surface area contributed by atoms with Crippen molar-refractivity contribution in [1.29, 1.82) is 0 Å². The van der Waals surface area contributed by atoms with Gasteiger partial charge < -0.3 is 14.8 Å². The van der Waals surface area contributed by atoms with E-state index in [-0.39, 0.29) is 0 Å². The SMILES string of the molecule is CCCOCCC1(CNC2CC2)CCOC1. The van der Waals surface area contributed by atoms with E-state index in [1.807, 2.05) is 0 Å². The number of rotatable bonds is 8. The maximum absolute atomic E-state index is 5.61. The first kappa shape index (κ1) is 12.3. The van der Waals surface area contributed by atoms with Gasteiger partial charge in [0, 0.05) is 37.8 Å². The van der Waals surface area contributed by atoms with Gasteiger partial charge in [-0.1, -0.05) is 6.92 Å². The summed E-state index contributed by atoms with van der Waals surface area (Å²) in [5.41, 5.74) is 0.357. The lowest BCUT2D eigenvalue weighted by Crippen LogP contribution is -2.37. The lowest BCUT2D eigenvalue weighted by Gasteiger charge is -2.27. The molecule has 1 N–H and O–H groups in total. The molecule has 1 unspecified atom stereocenters. The van der Waals surface area contributed by atoms with E-state index >= 15 is 0 Å². The zero-order chi connectivity index (χ0) is 11.3. The molecule has 94 valence electrons. The Morgan fingerprint density at radius 3 is 2.88 bits per heavy atom. The average molecular weight is 227 g/mol. The lowest BCUT2D eigenvalue weighted by atomic mass is 9.84.